The smallest absolute Gasteiger partial charge is 0.163 e. The highest BCUT2D eigenvalue weighted by molar-refractivity contribution is 9.10. The molecule has 1 atom stereocenters. The number of rotatable bonds is 4. The summed E-state index contributed by atoms with van der Waals surface area (Å²) in [5.41, 5.74) is 1.96. The summed E-state index contributed by atoms with van der Waals surface area (Å²) in [5.74, 6) is 0.248. The molecule has 1 aliphatic heterocycles. The molecule has 1 unspecified atom stereocenters. The molecule has 0 fully saturated rings. The molecule has 4 nitrogen and oxygen atoms in total. The van der Waals surface area contributed by atoms with Crippen LogP contribution in [0.5, 0.6) is 0 Å². The number of hydrogen-bond acceptors (Lipinski definition) is 5. The number of halogens is 3. The standard InChI is InChI=1S/C15H10Br2FN3OS/c16-6-12-10(7-22)13(9-2-1-8(18)5-11(9)17)21-14(20-12)15-19-3-4-23-15/h1-5,7,13H,6H2,(H,20,21). The molecule has 118 valence electrons. The number of allylic oxidation sites excluding steroid dienone is 1. The molecule has 0 bridgehead atoms. The van der Waals surface area contributed by atoms with Crippen molar-refractivity contribution in [1.29, 1.82) is 0 Å². The van der Waals surface area contributed by atoms with Gasteiger partial charge in [-0.25, -0.2) is 9.37 Å². The van der Waals surface area contributed by atoms with Crippen LogP contribution in [-0.4, -0.2) is 22.4 Å². The van der Waals surface area contributed by atoms with Crippen molar-refractivity contribution < 1.29 is 9.18 Å². The molecule has 1 aliphatic rings. The lowest BCUT2D eigenvalue weighted by Gasteiger charge is -2.25. The molecule has 1 N–H and O–H groups in total. The number of thiazole rings is 1. The summed E-state index contributed by atoms with van der Waals surface area (Å²) in [5, 5.41) is 6.21. The van der Waals surface area contributed by atoms with Gasteiger partial charge in [-0.05, 0) is 17.7 Å². The summed E-state index contributed by atoms with van der Waals surface area (Å²) in [6, 6.07) is 3.84. The zero-order valence-corrected chi connectivity index (χ0v) is 15.6. The normalized spacial score (nSPS) is 17.7. The SMILES string of the molecule is O=CC1=C(CBr)NC(c2nccs2)=NC1c1ccc(F)cc1Br. The van der Waals surface area contributed by atoms with Crippen LogP contribution in [0.4, 0.5) is 4.39 Å². The highest BCUT2D eigenvalue weighted by Gasteiger charge is 2.28. The predicted molar refractivity (Wildman–Crippen MR) is 95.5 cm³/mol. The van der Waals surface area contributed by atoms with Crippen molar-refractivity contribution in [1.82, 2.24) is 10.3 Å². The van der Waals surface area contributed by atoms with Crippen molar-refractivity contribution in [3.05, 3.63) is 61.9 Å². The fraction of sp³-hybridized carbons (Fsp3) is 0.133. The Kier molecular flexibility index (Phi) is 5.03. The van der Waals surface area contributed by atoms with Crippen LogP contribution in [0.25, 0.3) is 0 Å². The maximum atomic E-state index is 13.4. The monoisotopic (exact) mass is 457 g/mol. The average Bonchev–Trinajstić information content (AvgIpc) is 3.08. The van der Waals surface area contributed by atoms with Crippen LogP contribution in [0.1, 0.15) is 16.6 Å². The summed E-state index contributed by atoms with van der Waals surface area (Å²) in [4.78, 5) is 20.5. The van der Waals surface area contributed by atoms with E-state index in [4.69, 9.17) is 0 Å². The maximum absolute atomic E-state index is 13.4. The molecule has 2 aromatic rings. The Morgan fingerprint density at radius 2 is 2.26 bits per heavy atom. The first kappa shape index (κ1) is 16.5. The van der Waals surface area contributed by atoms with Gasteiger partial charge in [-0.1, -0.05) is 37.9 Å². The van der Waals surface area contributed by atoms with Crippen LogP contribution in [0.3, 0.4) is 0 Å². The van der Waals surface area contributed by atoms with E-state index in [0.29, 0.717) is 21.2 Å². The van der Waals surface area contributed by atoms with Gasteiger partial charge in [0, 0.05) is 32.6 Å². The number of aromatic nitrogens is 1. The predicted octanol–water partition coefficient (Wildman–Crippen LogP) is 3.98. The number of benzene rings is 1. The van der Waals surface area contributed by atoms with Crippen molar-refractivity contribution in [3.63, 3.8) is 0 Å². The van der Waals surface area contributed by atoms with E-state index in [9.17, 15) is 9.18 Å². The number of aldehydes is 1. The molecule has 3 rings (SSSR count). The number of alkyl halides is 1. The summed E-state index contributed by atoms with van der Waals surface area (Å²) in [7, 11) is 0. The summed E-state index contributed by atoms with van der Waals surface area (Å²) < 4.78 is 13.9. The van der Waals surface area contributed by atoms with Crippen LogP contribution in [0, 0.1) is 5.82 Å². The number of aliphatic imine (C=N–C) groups is 1. The molecule has 0 saturated heterocycles. The van der Waals surface area contributed by atoms with Crippen molar-refractivity contribution in [2.24, 2.45) is 4.99 Å². The highest BCUT2D eigenvalue weighted by atomic mass is 79.9. The molecule has 2 heterocycles. The van der Waals surface area contributed by atoms with Crippen LogP contribution < -0.4 is 5.32 Å². The molecular weight excluding hydrogens is 449 g/mol. The third kappa shape index (κ3) is 3.29. The summed E-state index contributed by atoms with van der Waals surface area (Å²) in [6.45, 7) is 0. The van der Waals surface area contributed by atoms with Crippen LogP contribution >= 0.6 is 43.2 Å². The minimum Gasteiger partial charge on any atom is -0.340 e. The minimum atomic E-state index is -0.518. The van der Waals surface area contributed by atoms with Gasteiger partial charge in [-0.3, -0.25) is 9.79 Å². The van der Waals surface area contributed by atoms with Gasteiger partial charge in [0.2, 0.25) is 0 Å². The Morgan fingerprint density at radius 1 is 1.43 bits per heavy atom. The lowest BCUT2D eigenvalue weighted by Crippen LogP contribution is -2.32. The number of carbonyl (C=O) groups is 1. The first-order chi connectivity index (χ1) is 11.1. The zero-order chi connectivity index (χ0) is 16.4. The largest absolute Gasteiger partial charge is 0.340 e. The minimum absolute atomic E-state index is 0.351. The van der Waals surface area contributed by atoms with Gasteiger partial charge in [-0.2, -0.15) is 0 Å². The summed E-state index contributed by atoms with van der Waals surface area (Å²) >= 11 is 8.20. The Morgan fingerprint density at radius 3 is 2.87 bits per heavy atom. The average molecular weight is 459 g/mol. The number of nitrogens with one attached hydrogen (secondary N) is 1. The first-order valence-corrected chi connectivity index (χ1v) is 9.37. The Labute approximate surface area is 152 Å². The van der Waals surface area contributed by atoms with Gasteiger partial charge in [0.05, 0.1) is 0 Å². The number of carbonyl (C=O) groups excluding carboxylic acids is 1. The van der Waals surface area contributed by atoms with E-state index in [0.717, 1.165) is 22.6 Å². The van der Waals surface area contributed by atoms with E-state index in [1.807, 2.05) is 5.38 Å². The second-order valence-corrected chi connectivity index (χ2v) is 7.00. The Bertz CT molecular complexity index is 805. The number of amidine groups is 1. The zero-order valence-electron chi connectivity index (χ0n) is 11.6. The van der Waals surface area contributed by atoms with Crippen molar-refractivity contribution >= 4 is 55.3 Å². The topological polar surface area (TPSA) is 54.4 Å². The fourth-order valence-corrected chi connectivity index (χ4v) is 3.89. The molecule has 0 amide bonds. The molecule has 1 aromatic heterocycles. The number of hydrogen-bond donors (Lipinski definition) is 1. The van der Waals surface area contributed by atoms with Crippen LogP contribution in [-0.2, 0) is 4.79 Å². The van der Waals surface area contributed by atoms with E-state index in [2.05, 4.69) is 47.2 Å². The Balaban J connectivity index is 2.13. The molecule has 23 heavy (non-hydrogen) atoms. The van der Waals surface area contributed by atoms with Gasteiger partial charge < -0.3 is 5.32 Å². The molecule has 1 aromatic carbocycles. The van der Waals surface area contributed by atoms with Gasteiger partial charge in [0.1, 0.15) is 18.1 Å². The lowest BCUT2D eigenvalue weighted by atomic mass is 9.97. The van der Waals surface area contributed by atoms with E-state index in [1.165, 1.54) is 23.5 Å². The summed E-state index contributed by atoms with van der Waals surface area (Å²) in [6.07, 6.45) is 2.48. The van der Waals surface area contributed by atoms with E-state index < -0.39 is 6.04 Å². The molecular formula is C15H10Br2FN3OS. The van der Waals surface area contributed by atoms with Gasteiger partial charge >= 0.3 is 0 Å². The highest BCUT2D eigenvalue weighted by Crippen LogP contribution is 2.35. The van der Waals surface area contributed by atoms with Gasteiger partial charge in [-0.15, -0.1) is 11.3 Å². The third-order valence-corrected chi connectivity index (χ3v) is 5.35. The van der Waals surface area contributed by atoms with Gasteiger partial charge in [0.15, 0.2) is 10.8 Å². The molecule has 0 spiro atoms. The van der Waals surface area contributed by atoms with Crippen molar-refractivity contribution in [3.8, 4) is 0 Å². The second-order valence-electron chi connectivity index (χ2n) is 4.69. The first-order valence-electron chi connectivity index (χ1n) is 6.58. The molecule has 0 radical (unpaired) electrons. The quantitative estimate of drug-likeness (QED) is 0.556. The number of nitrogens with zero attached hydrogens (tertiary/aromatic N) is 2. The Hall–Kier alpha value is -1.38. The fourth-order valence-electron chi connectivity index (χ4n) is 2.27. The second kappa shape index (κ2) is 7.02. The molecule has 0 saturated carbocycles. The van der Waals surface area contributed by atoms with Crippen molar-refractivity contribution in [2.75, 3.05) is 5.33 Å². The van der Waals surface area contributed by atoms with E-state index in [1.54, 1.807) is 12.3 Å². The maximum Gasteiger partial charge on any atom is 0.163 e. The van der Waals surface area contributed by atoms with Crippen LogP contribution in [0.2, 0.25) is 0 Å². The molecule has 0 aliphatic carbocycles. The third-order valence-electron chi connectivity index (χ3n) is 3.32. The van der Waals surface area contributed by atoms with Gasteiger partial charge in [0.25, 0.3) is 0 Å². The lowest BCUT2D eigenvalue weighted by molar-refractivity contribution is -0.105. The van der Waals surface area contributed by atoms with Crippen LogP contribution in [0.15, 0.2) is 50.5 Å². The van der Waals surface area contributed by atoms with Crippen molar-refractivity contribution in [2.45, 2.75) is 6.04 Å². The van der Waals surface area contributed by atoms with E-state index in [-0.39, 0.29) is 5.82 Å². The van der Waals surface area contributed by atoms with E-state index >= 15 is 0 Å². The molecule has 8 heteroatoms.